The standard InChI is InChI=1S/C13H20N4O3/c1-8(2)4-10(5-11(18)19)17-12(20)9-6-15-13(14-3)16-7-9/h6-8,10H,4-5H2,1-3H3,(H,17,20)(H,18,19)(H,14,15,16)/t10-/m0/s1. The number of carbonyl (C=O) groups is 2. The molecule has 0 aliphatic carbocycles. The van der Waals surface area contributed by atoms with E-state index in [1.54, 1.807) is 7.05 Å². The summed E-state index contributed by atoms with van der Waals surface area (Å²) in [6.45, 7) is 3.96. The highest BCUT2D eigenvalue weighted by molar-refractivity contribution is 5.94. The predicted octanol–water partition coefficient (Wildman–Crippen LogP) is 1.14. The van der Waals surface area contributed by atoms with E-state index in [4.69, 9.17) is 5.11 Å². The minimum absolute atomic E-state index is 0.0978. The van der Waals surface area contributed by atoms with Crippen molar-refractivity contribution in [1.29, 1.82) is 0 Å². The summed E-state index contributed by atoms with van der Waals surface area (Å²) in [5, 5.41) is 14.3. The lowest BCUT2D eigenvalue weighted by molar-refractivity contribution is -0.137. The minimum Gasteiger partial charge on any atom is -0.481 e. The van der Waals surface area contributed by atoms with Gasteiger partial charge in [0.05, 0.1) is 12.0 Å². The minimum atomic E-state index is -0.933. The zero-order valence-corrected chi connectivity index (χ0v) is 11.9. The van der Waals surface area contributed by atoms with Crippen LogP contribution in [0.2, 0.25) is 0 Å². The quantitative estimate of drug-likeness (QED) is 0.692. The van der Waals surface area contributed by atoms with Gasteiger partial charge in [-0.3, -0.25) is 9.59 Å². The Kier molecular flexibility index (Phi) is 5.89. The van der Waals surface area contributed by atoms with Crippen LogP contribution < -0.4 is 10.6 Å². The summed E-state index contributed by atoms with van der Waals surface area (Å²) in [6.07, 6.45) is 3.32. The van der Waals surface area contributed by atoms with Crippen LogP contribution in [-0.2, 0) is 4.79 Å². The van der Waals surface area contributed by atoms with Gasteiger partial charge < -0.3 is 15.7 Å². The fraction of sp³-hybridized carbons (Fsp3) is 0.538. The van der Waals surface area contributed by atoms with Crippen LogP contribution in [0.15, 0.2) is 12.4 Å². The van der Waals surface area contributed by atoms with Crippen molar-refractivity contribution in [3.05, 3.63) is 18.0 Å². The fourth-order valence-electron chi connectivity index (χ4n) is 1.82. The third-order valence-corrected chi connectivity index (χ3v) is 2.65. The maximum Gasteiger partial charge on any atom is 0.305 e. The topological polar surface area (TPSA) is 104 Å². The third kappa shape index (κ3) is 5.21. The first-order valence-corrected chi connectivity index (χ1v) is 6.44. The van der Waals surface area contributed by atoms with Gasteiger partial charge in [0, 0.05) is 25.5 Å². The Morgan fingerprint density at radius 3 is 2.35 bits per heavy atom. The summed E-state index contributed by atoms with van der Waals surface area (Å²) in [6, 6.07) is -0.399. The second-order valence-corrected chi connectivity index (χ2v) is 4.94. The van der Waals surface area contributed by atoms with Crippen molar-refractivity contribution in [2.45, 2.75) is 32.7 Å². The van der Waals surface area contributed by atoms with Crippen molar-refractivity contribution < 1.29 is 14.7 Å². The lowest BCUT2D eigenvalue weighted by atomic mass is 10.0. The maximum atomic E-state index is 12.0. The SMILES string of the molecule is CNc1ncc(C(=O)N[C@H](CC(=O)O)CC(C)C)cn1. The molecule has 1 atom stereocenters. The molecule has 3 N–H and O–H groups in total. The number of aromatic nitrogens is 2. The molecule has 20 heavy (non-hydrogen) atoms. The van der Waals surface area contributed by atoms with Crippen molar-refractivity contribution in [3.8, 4) is 0 Å². The van der Waals surface area contributed by atoms with E-state index < -0.39 is 12.0 Å². The van der Waals surface area contributed by atoms with Crippen LogP contribution in [0.25, 0.3) is 0 Å². The van der Waals surface area contributed by atoms with Gasteiger partial charge >= 0.3 is 5.97 Å². The van der Waals surface area contributed by atoms with Gasteiger partial charge in [0.2, 0.25) is 5.95 Å². The molecule has 1 rings (SSSR count). The molecule has 0 radical (unpaired) electrons. The van der Waals surface area contributed by atoms with Gasteiger partial charge in [-0.2, -0.15) is 0 Å². The third-order valence-electron chi connectivity index (χ3n) is 2.65. The molecule has 7 nitrogen and oxygen atoms in total. The van der Waals surface area contributed by atoms with Gasteiger partial charge in [-0.1, -0.05) is 13.8 Å². The van der Waals surface area contributed by atoms with Crippen LogP contribution in [0, 0.1) is 5.92 Å². The zero-order chi connectivity index (χ0) is 15.1. The van der Waals surface area contributed by atoms with Gasteiger partial charge in [-0.15, -0.1) is 0 Å². The molecular formula is C13H20N4O3. The summed E-state index contributed by atoms with van der Waals surface area (Å²) in [7, 11) is 1.68. The molecule has 1 heterocycles. The lowest BCUT2D eigenvalue weighted by Crippen LogP contribution is -2.37. The number of carboxylic acid groups (broad SMARTS) is 1. The summed E-state index contributed by atoms with van der Waals surface area (Å²) in [5.41, 5.74) is 0.308. The number of hydrogen-bond donors (Lipinski definition) is 3. The van der Waals surface area contributed by atoms with Gasteiger partial charge in [0.25, 0.3) is 5.91 Å². The average Bonchev–Trinajstić information content (AvgIpc) is 2.37. The molecule has 0 spiro atoms. The van der Waals surface area contributed by atoms with E-state index in [1.165, 1.54) is 12.4 Å². The Morgan fingerprint density at radius 1 is 1.30 bits per heavy atom. The summed E-state index contributed by atoms with van der Waals surface area (Å²) in [5.74, 6) is -0.578. The molecule has 0 unspecified atom stereocenters. The molecule has 0 saturated heterocycles. The zero-order valence-electron chi connectivity index (χ0n) is 11.9. The fourth-order valence-corrected chi connectivity index (χ4v) is 1.82. The van der Waals surface area contributed by atoms with Crippen LogP contribution in [0.1, 0.15) is 37.0 Å². The summed E-state index contributed by atoms with van der Waals surface area (Å²) in [4.78, 5) is 30.7. The van der Waals surface area contributed by atoms with Gasteiger partial charge in [-0.25, -0.2) is 9.97 Å². The Morgan fingerprint density at radius 2 is 1.90 bits per heavy atom. The second kappa shape index (κ2) is 7.42. The molecule has 7 heteroatoms. The van der Waals surface area contributed by atoms with E-state index in [1.807, 2.05) is 13.8 Å². The van der Waals surface area contributed by atoms with E-state index in [9.17, 15) is 9.59 Å². The van der Waals surface area contributed by atoms with Crippen LogP contribution in [0.5, 0.6) is 0 Å². The Hall–Kier alpha value is -2.18. The van der Waals surface area contributed by atoms with E-state index in [0.717, 1.165) is 0 Å². The molecule has 0 aliphatic rings. The first-order chi connectivity index (χ1) is 9.42. The molecule has 0 bridgehead atoms. The van der Waals surface area contributed by atoms with Crippen LogP contribution in [0.3, 0.4) is 0 Å². The number of anilines is 1. The van der Waals surface area contributed by atoms with Crippen LogP contribution in [0.4, 0.5) is 5.95 Å². The normalized spacial score (nSPS) is 12.0. The maximum absolute atomic E-state index is 12.0. The molecule has 1 aromatic heterocycles. The molecule has 110 valence electrons. The summed E-state index contributed by atoms with van der Waals surface area (Å²) >= 11 is 0. The van der Waals surface area contributed by atoms with Crippen molar-refractivity contribution in [1.82, 2.24) is 15.3 Å². The number of hydrogen-bond acceptors (Lipinski definition) is 5. The van der Waals surface area contributed by atoms with E-state index in [2.05, 4.69) is 20.6 Å². The molecular weight excluding hydrogens is 260 g/mol. The number of nitrogens with one attached hydrogen (secondary N) is 2. The monoisotopic (exact) mass is 280 g/mol. The molecule has 0 aromatic carbocycles. The first kappa shape index (κ1) is 15.9. The van der Waals surface area contributed by atoms with E-state index >= 15 is 0 Å². The molecule has 0 saturated carbocycles. The number of aliphatic carboxylic acids is 1. The molecule has 0 fully saturated rings. The van der Waals surface area contributed by atoms with Crippen molar-refractivity contribution in [2.24, 2.45) is 5.92 Å². The van der Waals surface area contributed by atoms with Gasteiger partial charge in [0.1, 0.15) is 0 Å². The van der Waals surface area contributed by atoms with E-state index in [-0.39, 0.29) is 12.3 Å². The predicted molar refractivity (Wildman–Crippen MR) is 74.5 cm³/mol. The Labute approximate surface area is 117 Å². The van der Waals surface area contributed by atoms with Gasteiger partial charge in [0.15, 0.2) is 0 Å². The summed E-state index contributed by atoms with van der Waals surface area (Å²) < 4.78 is 0. The highest BCUT2D eigenvalue weighted by atomic mass is 16.4. The number of carbonyl (C=O) groups excluding carboxylic acids is 1. The van der Waals surface area contributed by atoms with Crippen molar-refractivity contribution in [3.63, 3.8) is 0 Å². The largest absolute Gasteiger partial charge is 0.481 e. The number of nitrogens with zero attached hydrogens (tertiary/aromatic N) is 2. The first-order valence-electron chi connectivity index (χ1n) is 6.44. The number of amides is 1. The van der Waals surface area contributed by atoms with Crippen LogP contribution in [-0.4, -0.2) is 40.0 Å². The molecule has 1 aromatic rings. The van der Waals surface area contributed by atoms with E-state index in [0.29, 0.717) is 23.9 Å². The highest BCUT2D eigenvalue weighted by Crippen LogP contribution is 2.09. The second-order valence-electron chi connectivity index (χ2n) is 4.94. The number of carboxylic acids is 1. The van der Waals surface area contributed by atoms with Crippen molar-refractivity contribution in [2.75, 3.05) is 12.4 Å². The van der Waals surface area contributed by atoms with Crippen LogP contribution >= 0.6 is 0 Å². The molecule has 1 amide bonds. The Balaban J connectivity index is 2.70. The Bertz CT molecular complexity index is 459. The number of rotatable bonds is 7. The highest BCUT2D eigenvalue weighted by Gasteiger charge is 2.18. The van der Waals surface area contributed by atoms with Gasteiger partial charge in [-0.05, 0) is 12.3 Å². The molecule has 0 aliphatic heterocycles. The lowest BCUT2D eigenvalue weighted by Gasteiger charge is -2.18. The smallest absolute Gasteiger partial charge is 0.305 e. The average molecular weight is 280 g/mol. The van der Waals surface area contributed by atoms with Crippen molar-refractivity contribution >= 4 is 17.8 Å².